The average Bonchev–Trinajstić information content (AvgIpc) is 2.85. The molecule has 0 spiro atoms. The molecule has 0 unspecified atom stereocenters. The third-order valence-electron chi connectivity index (χ3n) is 4.84. The molecule has 0 atom stereocenters. The highest BCUT2D eigenvalue weighted by Gasteiger charge is 2.15. The molecule has 178 valence electrons. The summed E-state index contributed by atoms with van der Waals surface area (Å²) in [6, 6.07) is 17.6. The normalized spacial score (nSPS) is 11.2. The Labute approximate surface area is 221 Å². The van der Waals surface area contributed by atoms with Crippen LogP contribution in [-0.2, 0) is 4.79 Å². The van der Waals surface area contributed by atoms with E-state index < -0.39 is 0 Å². The minimum absolute atomic E-state index is 0.0127. The SMILES string of the molecule is COc1cc(/C=N/NC(=O)CSc2nc3ccccc3c(=O)n2-c2ccc(Br)cc2)cc(Br)c1O. The lowest BCUT2D eigenvalue weighted by Gasteiger charge is -2.13. The van der Waals surface area contributed by atoms with E-state index >= 15 is 0 Å². The zero-order chi connectivity index (χ0) is 24.9. The van der Waals surface area contributed by atoms with Crippen LogP contribution in [0.3, 0.4) is 0 Å². The van der Waals surface area contributed by atoms with Crippen molar-refractivity contribution in [1.82, 2.24) is 15.0 Å². The van der Waals surface area contributed by atoms with Crippen molar-refractivity contribution in [2.45, 2.75) is 5.16 Å². The molecule has 0 aliphatic carbocycles. The van der Waals surface area contributed by atoms with Crippen LogP contribution < -0.4 is 15.7 Å². The van der Waals surface area contributed by atoms with Crippen LogP contribution in [0.2, 0.25) is 0 Å². The lowest BCUT2D eigenvalue weighted by molar-refractivity contribution is -0.118. The molecular formula is C24H18Br2N4O4S. The smallest absolute Gasteiger partial charge is 0.266 e. The number of aromatic nitrogens is 2. The second kappa shape index (κ2) is 11.1. The average molecular weight is 618 g/mol. The molecule has 35 heavy (non-hydrogen) atoms. The number of benzene rings is 3. The van der Waals surface area contributed by atoms with Gasteiger partial charge < -0.3 is 9.84 Å². The molecule has 4 aromatic rings. The van der Waals surface area contributed by atoms with Gasteiger partial charge in [-0.1, -0.05) is 39.8 Å². The van der Waals surface area contributed by atoms with Crippen molar-refractivity contribution in [3.8, 4) is 17.2 Å². The molecular weight excluding hydrogens is 600 g/mol. The number of carbonyl (C=O) groups excluding carboxylic acids is 1. The Kier molecular flexibility index (Phi) is 7.89. The molecule has 0 aliphatic heterocycles. The van der Waals surface area contributed by atoms with E-state index in [1.54, 1.807) is 42.5 Å². The molecule has 0 radical (unpaired) electrons. The number of carbonyl (C=O) groups is 1. The summed E-state index contributed by atoms with van der Waals surface area (Å²) in [5, 5.41) is 14.7. The summed E-state index contributed by atoms with van der Waals surface area (Å²) in [7, 11) is 1.44. The predicted octanol–water partition coefficient (Wildman–Crippen LogP) is 4.87. The number of thioether (sulfide) groups is 1. The van der Waals surface area contributed by atoms with Gasteiger partial charge in [-0.3, -0.25) is 14.2 Å². The van der Waals surface area contributed by atoms with Gasteiger partial charge in [0, 0.05) is 4.47 Å². The van der Waals surface area contributed by atoms with Gasteiger partial charge in [-0.2, -0.15) is 5.10 Å². The first-order valence-electron chi connectivity index (χ1n) is 10.2. The van der Waals surface area contributed by atoms with Gasteiger partial charge in [0.1, 0.15) is 0 Å². The maximum Gasteiger partial charge on any atom is 0.266 e. The van der Waals surface area contributed by atoms with Gasteiger partial charge in [0.05, 0.1) is 40.1 Å². The van der Waals surface area contributed by atoms with Crippen molar-refractivity contribution in [3.63, 3.8) is 0 Å². The number of phenols is 1. The standard InChI is InChI=1S/C24H18Br2N4O4S/c1-34-20-11-14(10-18(26)22(20)32)12-27-29-21(31)13-35-24-28-19-5-3-2-4-17(19)23(33)30(24)16-8-6-15(25)7-9-16/h2-12,32H,13H2,1H3,(H,29,31)/b27-12+. The number of hydrogen-bond acceptors (Lipinski definition) is 7. The molecule has 11 heteroatoms. The number of hydrogen-bond donors (Lipinski definition) is 2. The van der Waals surface area contributed by atoms with Gasteiger partial charge in [0.15, 0.2) is 16.7 Å². The van der Waals surface area contributed by atoms with Crippen molar-refractivity contribution in [3.05, 3.63) is 85.5 Å². The Balaban J connectivity index is 1.54. The summed E-state index contributed by atoms with van der Waals surface area (Å²) in [5.41, 5.74) is 4.05. The van der Waals surface area contributed by atoms with Crippen LogP contribution >= 0.6 is 43.6 Å². The zero-order valence-electron chi connectivity index (χ0n) is 18.2. The first kappa shape index (κ1) is 25.0. The highest BCUT2D eigenvalue weighted by Crippen LogP contribution is 2.34. The number of nitrogens with one attached hydrogen (secondary N) is 1. The lowest BCUT2D eigenvalue weighted by atomic mass is 10.2. The van der Waals surface area contributed by atoms with E-state index in [4.69, 9.17) is 4.74 Å². The molecule has 0 saturated carbocycles. The molecule has 1 aromatic heterocycles. The van der Waals surface area contributed by atoms with Gasteiger partial charge in [0.25, 0.3) is 11.5 Å². The van der Waals surface area contributed by atoms with E-state index in [-0.39, 0.29) is 28.7 Å². The fraction of sp³-hybridized carbons (Fsp3) is 0.0833. The molecule has 1 heterocycles. The third-order valence-corrected chi connectivity index (χ3v) is 6.91. The first-order chi connectivity index (χ1) is 16.9. The molecule has 8 nitrogen and oxygen atoms in total. The lowest BCUT2D eigenvalue weighted by Crippen LogP contribution is -2.24. The number of para-hydroxylation sites is 1. The van der Waals surface area contributed by atoms with Crippen LogP contribution in [0.25, 0.3) is 16.6 Å². The van der Waals surface area contributed by atoms with Crippen LogP contribution in [0.5, 0.6) is 11.5 Å². The molecule has 2 N–H and O–H groups in total. The number of nitrogens with zero attached hydrogens (tertiary/aromatic N) is 3. The van der Waals surface area contributed by atoms with E-state index in [1.807, 2.05) is 18.2 Å². The van der Waals surface area contributed by atoms with E-state index in [0.717, 1.165) is 16.2 Å². The number of halogens is 2. The van der Waals surface area contributed by atoms with Crippen LogP contribution in [-0.4, -0.2) is 39.6 Å². The number of aromatic hydroxyl groups is 1. The van der Waals surface area contributed by atoms with Crippen molar-refractivity contribution in [2.75, 3.05) is 12.9 Å². The second-order valence-corrected chi connectivity index (χ2v) is 9.88. The fourth-order valence-electron chi connectivity index (χ4n) is 3.19. The number of fused-ring (bicyclic) bond motifs is 1. The predicted molar refractivity (Wildman–Crippen MR) is 144 cm³/mol. The number of amides is 1. The summed E-state index contributed by atoms with van der Waals surface area (Å²) in [5.74, 6) is -0.136. The molecule has 0 aliphatic rings. The van der Waals surface area contributed by atoms with E-state index in [1.165, 1.54) is 17.9 Å². The van der Waals surface area contributed by atoms with Crippen LogP contribution in [0.4, 0.5) is 0 Å². The Morgan fingerprint density at radius 1 is 1.20 bits per heavy atom. The van der Waals surface area contributed by atoms with Gasteiger partial charge in [0.2, 0.25) is 0 Å². The van der Waals surface area contributed by atoms with Gasteiger partial charge in [-0.25, -0.2) is 10.4 Å². The highest BCUT2D eigenvalue weighted by molar-refractivity contribution is 9.10. The Morgan fingerprint density at radius 2 is 1.94 bits per heavy atom. The summed E-state index contributed by atoms with van der Waals surface area (Å²) in [6.45, 7) is 0. The quantitative estimate of drug-likeness (QED) is 0.133. The largest absolute Gasteiger partial charge is 0.503 e. The highest BCUT2D eigenvalue weighted by atomic mass is 79.9. The number of phenolic OH excluding ortho intramolecular Hbond substituents is 1. The Morgan fingerprint density at radius 3 is 2.69 bits per heavy atom. The van der Waals surface area contributed by atoms with E-state index in [9.17, 15) is 14.7 Å². The number of hydrazone groups is 1. The van der Waals surface area contributed by atoms with Gasteiger partial charge in [-0.05, 0) is 70.0 Å². The van der Waals surface area contributed by atoms with Crippen LogP contribution in [0.15, 0.2) is 84.7 Å². The number of methoxy groups -OCH3 is 1. The zero-order valence-corrected chi connectivity index (χ0v) is 22.2. The first-order valence-corrected chi connectivity index (χ1v) is 12.7. The Hall–Kier alpha value is -3.15. The molecule has 0 saturated heterocycles. The van der Waals surface area contributed by atoms with Crippen molar-refractivity contribution < 1.29 is 14.6 Å². The number of rotatable bonds is 7. The van der Waals surface area contributed by atoms with Crippen molar-refractivity contribution >= 4 is 66.6 Å². The summed E-state index contributed by atoms with van der Waals surface area (Å²) >= 11 is 7.78. The summed E-state index contributed by atoms with van der Waals surface area (Å²) in [4.78, 5) is 30.3. The van der Waals surface area contributed by atoms with Gasteiger partial charge >= 0.3 is 0 Å². The van der Waals surface area contributed by atoms with Gasteiger partial charge in [-0.15, -0.1) is 0 Å². The molecule has 0 bridgehead atoms. The van der Waals surface area contributed by atoms with Crippen molar-refractivity contribution in [1.29, 1.82) is 0 Å². The molecule has 1 amide bonds. The third kappa shape index (κ3) is 5.75. The van der Waals surface area contributed by atoms with Crippen molar-refractivity contribution in [2.24, 2.45) is 5.10 Å². The number of ether oxygens (including phenoxy) is 1. The van der Waals surface area contributed by atoms with E-state index in [0.29, 0.717) is 31.8 Å². The topological polar surface area (TPSA) is 106 Å². The second-order valence-electron chi connectivity index (χ2n) is 7.16. The fourth-order valence-corrected chi connectivity index (χ4v) is 4.72. The Bertz CT molecular complexity index is 1490. The van der Waals surface area contributed by atoms with E-state index in [2.05, 4.69) is 47.4 Å². The molecule has 4 rings (SSSR count). The maximum atomic E-state index is 13.3. The minimum atomic E-state index is -0.374. The molecule has 3 aromatic carbocycles. The summed E-state index contributed by atoms with van der Waals surface area (Å²) < 4.78 is 7.92. The van der Waals surface area contributed by atoms with Crippen LogP contribution in [0.1, 0.15) is 5.56 Å². The summed E-state index contributed by atoms with van der Waals surface area (Å²) in [6.07, 6.45) is 1.43. The molecule has 0 fully saturated rings. The maximum absolute atomic E-state index is 13.3. The van der Waals surface area contributed by atoms with Crippen LogP contribution in [0, 0.1) is 0 Å². The monoisotopic (exact) mass is 616 g/mol. The minimum Gasteiger partial charge on any atom is -0.503 e.